The molecule has 0 aliphatic carbocycles. The lowest BCUT2D eigenvalue weighted by atomic mass is 10.2. The monoisotopic (exact) mass is 284 g/mol. The zero-order valence-corrected chi connectivity index (χ0v) is 13.5. The molecule has 19 heavy (non-hydrogen) atoms. The first kappa shape index (κ1) is 16.6. The van der Waals surface area contributed by atoms with Crippen LogP contribution in [-0.4, -0.2) is 44.3 Å². The Labute approximate surface area is 122 Å². The molecular formula is C15H28N2OS. The van der Waals surface area contributed by atoms with E-state index in [1.807, 2.05) is 11.3 Å². The van der Waals surface area contributed by atoms with Gasteiger partial charge in [0.15, 0.2) is 0 Å². The fourth-order valence-electron chi connectivity index (χ4n) is 2.08. The van der Waals surface area contributed by atoms with Crippen LogP contribution in [0.4, 0.5) is 0 Å². The van der Waals surface area contributed by atoms with E-state index in [2.05, 4.69) is 48.5 Å². The largest absolute Gasteiger partial charge is 0.383 e. The number of hydrogen-bond acceptors (Lipinski definition) is 4. The molecule has 1 N–H and O–H groups in total. The van der Waals surface area contributed by atoms with Crippen molar-refractivity contribution in [2.45, 2.75) is 39.3 Å². The van der Waals surface area contributed by atoms with E-state index in [0.717, 1.165) is 26.2 Å². The van der Waals surface area contributed by atoms with Crippen LogP contribution in [0.25, 0.3) is 0 Å². The van der Waals surface area contributed by atoms with Crippen LogP contribution in [0.15, 0.2) is 17.5 Å². The van der Waals surface area contributed by atoms with Crippen molar-refractivity contribution in [3.8, 4) is 0 Å². The topological polar surface area (TPSA) is 24.5 Å². The van der Waals surface area contributed by atoms with Gasteiger partial charge in [0.25, 0.3) is 0 Å². The summed E-state index contributed by atoms with van der Waals surface area (Å²) in [6.07, 6.45) is 1.18. The first-order valence-electron chi connectivity index (χ1n) is 7.18. The van der Waals surface area contributed by atoms with E-state index >= 15 is 0 Å². The number of methoxy groups -OCH3 is 1. The van der Waals surface area contributed by atoms with Gasteiger partial charge in [-0.1, -0.05) is 13.0 Å². The quantitative estimate of drug-likeness (QED) is 0.714. The fraction of sp³-hybridized carbons (Fsp3) is 0.733. The molecule has 0 aliphatic rings. The van der Waals surface area contributed by atoms with Crippen molar-refractivity contribution in [3.63, 3.8) is 0 Å². The molecular weight excluding hydrogens is 256 g/mol. The molecule has 2 unspecified atom stereocenters. The number of nitrogens with zero attached hydrogens (tertiary/aromatic N) is 1. The highest BCUT2D eigenvalue weighted by molar-refractivity contribution is 7.10. The van der Waals surface area contributed by atoms with E-state index in [-0.39, 0.29) is 0 Å². The number of ether oxygens (including phenoxy) is 1. The van der Waals surface area contributed by atoms with E-state index in [4.69, 9.17) is 4.74 Å². The minimum atomic E-state index is 0.446. The van der Waals surface area contributed by atoms with Crippen LogP contribution >= 0.6 is 11.3 Å². The normalized spacial score (nSPS) is 14.8. The molecule has 1 heterocycles. The molecule has 0 aromatic carbocycles. The van der Waals surface area contributed by atoms with Gasteiger partial charge in [0.1, 0.15) is 0 Å². The molecule has 0 aliphatic heterocycles. The number of rotatable bonds is 10. The highest BCUT2D eigenvalue weighted by Crippen LogP contribution is 2.17. The minimum absolute atomic E-state index is 0.446. The van der Waals surface area contributed by atoms with Crippen LogP contribution in [0, 0.1) is 0 Å². The highest BCUT2D eigenvalue weighted by Gasteiger charge is 2.12. The molecule has 1 rings (SSSR count). The molecule has 0 fully saturated rings. The lowest BCUT2D eigenvalue weighted by Crippen LogP contribution is -2.40. The zero-order chi connectivity index (χ0) is 14.1. The molecule has 1 aromatic rings. The van der Waals surface area contributed by atoms with Gasteiger partial charge in [-0.15, -0.1) is 11.3 Å². The molecule has 1 aromatic heterocycles. The fourth-order valence-corrected chi connectivity index (χ4v) is 2.84. The van der Waals surface area contributed by atoms with Crippen LogP contribution in [0.2, 0.25) is 0 Å². The summed E-state index contributed by atoms with van der Waals surface area (Å²) >= 11 is 1.82. The Balaban J connectivity index is 2.30. The third-order valence-electron chi connectivity index (χ3n) is 3.62. The average Bonchev–Trinajstić information content (AvgIpc) is 2.95. The Hall–Kier alpha value is -0.420. The highest BCUT2D eigenvalue weighted by atomic mass is 32.1. The van der Waals surface area contributed by atoms with Gasteiger partial charge in [-0.2, -0.15) is 0 Å². The Morgan fingerprint density at radius 3 is 2.74 bits per heavy atom. The van der Waals surface area contributed by atoms with Gasteiger partial charge in [-0.25, -0.2) is 0 Å². The van der Waals surface area contributed by atoms with E-state index in [1.165, 1.54) is 11.3 Å². The summed E-state index contributed by atoms with van der Waals surface area (Å²) in [5.41, 5.74) is 0. The number of hydrogen-bond donors (Lipinski definition) is 1. The lowest BCUT2D eigenvalue weighted by Gasteiger charge is -2.28. The molecule has 0 amide bonds. The Bertz CT molecular complexity index is 316. The van der Waals surface area contributed by atoms with Crippen LogP contribution in [0.1, 0.15) is 38.1 Å². The van der Waals surface area contributed by atoms with Gasteiger partial charge in [0.05, 0.1) is 6.61 Å². The van der Waals surface area contributed by atoms with E-state index < -0.39 is 0 Å². The maximum Gasteiger partial charge on any atom is 0.0589 e. The summed E-state index contributed by atoms with van der Waals surface area (Å²) in [6, 6.07) is 5.37. The van der Waals surface area contributed by atoms with Crippen LogP contribution in [0.3, 0.4) is 0 Å². The SMILES string of the molecule is CCC(C)N(CCNC(C)c1cccs1)CCOC. The molecule has 4 heteroatoms. The van der Waals surface area contributed by atoms with Gasteiger partial charge in [-0.3, -0.25) is 4.90 Å². The van der Waals surface area contributed by atoms with Crippen LogP contribution < -0.4 is 5.32 Å². The molecule has 0 saturated heterocycles. The second-order valence-electron chi connectivity index (χ2n) is 4.98. The molecule has 0 radical (unpaired) electrons. The van der Waals surface area contributed by atoms with Gasteiger partial charge in [-0.05, 0) is 31.7 Å². The first-order chi connectivity index (χ1) is 9.19. The zero-order valence-electron chi connectivity index (χ0n) is 12.7. The molecule has 0 bridgehead atoms. The number of nitrogens with one attached hydrogen (secondary N) is 1. The third kappa shape index (κ3) is 6.04. The Morgan fingerprint density at radius 1 is 1.37 bits per heavy atom. The average molecular weight is 284 g/mol. The van der Waals surface area contributed by atoms with Crippen molar-refractivity contribution in [1.82, 2.24) is 10.2 Å². The molecule has 3 nitrogen and oxygen atoms in total. The van der Waals surface area contributed by atoms with Gasteiger partial charge < -0.3 is 10.1 Å². The molecule has 2 atom stereocenters. The smallest absolute Gasteiger partial charge is 0.0589 e. The van der Waals surface area contributed by atoms with Crippen molar-refractivity contribution >= 4 is 11.3 Å². The predicted molar refractivity (Wildman–Crippen MR) is 83.9 cm³/mol. The summed E-state index contributed by atoms with van der Waals surface area (Å²) in [5, 5.41) is 5.74. The second kappa shape index (κ2) is 9.48. The van der Waals surface area contributed by atoms with Crippen LogP contribution in [0.5, 0.6) is 0 Å². The van der Waals surface area contributed by atoms with Gasteiger partial charge in [0.2, 0.25) is 0 Å². The van der Waals surface area contributed by atoms with Crippen LogP contribution in [-0.2, 0) is 4.74 Å². The molecule has 0 spiro atoms. The Morgan fingerprint density at radius 2 is 2.16 bits per heavy atom. The van der Waals surface area contributed by atoms with E-state index in [1.54, 1.807) is 7.11 Å². The van der Waals surface area contributed by atoms with E-state index in [0.29, 0.717) is 12.1 Å². The van der Waals surface area contributed by atoms with Gasteiger partial charge in [0, 0.05) is 43.7 Å². The Kier molecular flexibility index (Phi) is 8.30. The summed E-state index contributed by atoms with van der Waals surface area (Å²) in [7, 11) is 1.77. The molecule has 110 valence electrons. The third-order valence-corrected chi connectivity index (χ3v) is 4.67. The number of thiophene rings is 1. The summed E-state index contributed by atoms with van der Waals surface area (Å²) in [4.78, 5) is 3.91. The van der Waals surface area contributed by atoms with Crippen molar-refractivity contribution in [1.29, 1.82) is 0 Å². The second-order valence-corrected chi connectivity index (χ2v) is 5.96. The maximum absolute atomic E-state index is 5.19. The van der Waals surface area contributed by atoms with Gasteiger partial charge >= 0.3 is 0 Å². The lowest BCUT2D eigenvalue weighted by molar-refractivity contribution is 0.123. The first-order valence-corrected chi connectivity index (χ1v) is 8.06. The summed E-state index contributed by atoms with van der Waals surface area (Å²) in [5.74, 6) is 0. The minimum Gasteiger partial charge on any atom is -0.383 e. The maximum atomic E-state index is 5.19. The standard InChI is InChI=1S/C15H28N2OS/c1-5-13(2)17(10-11-18-4)9-8-16-14(3)15-7-6-12-19-15/h6-7,12-14,16H,5,8-11H2,1-4H3. The predicted octanol–water partition coefficient (Wildman–Crippen LogP) is 3.15. The molecule has 0 saturated carbocycles. The summed E-state index contributed by atoms with van der Waals surface area (Å²) in [6.45, 7) is 10.7. The van der Waals surface area contributed by atoms with Crippen molar-refractivity contribution in [3.05, 3.63) is 22.4 Å². The van der Waals surface area contributed by atoms with Crippen molar-refractivity contribution in [2.75, 3.05) is 33.4 Å². The van der Waals surface area contributed by atoms with E-state index in [9.17, 15) is 0 Å². The summed E-state index contributed by atoms with van der Waals surface area (Å²) < 4.78 is 5.19. The van der Waals surface area contributed by atoms with Crippen molar-refractivity contribution < 1.29 is 4.74 Å². The van der Waals surface area contributed by atoms with Crippen molar-refractivity contribution in [2.24, 2.45) is 0 Å².